The first-order valence-electron chi connectivity index (χ1n) is 6.56. The van der Waals surface area contributed by atoms with Crippen LogP contribution in [0.15, 0.2) is 0 Å². The predicted octanol–water partition coefficient (Wildman–Crippen LogP) is 2.56. The van der Waals surface area contributed by atoms with Crippen LogP contribution in [0, 0.1) is 6.92 Å². The van der Waals surface area contributed by atoms with Crippen molar-refractivity contribution in [3.8, 4) is 0 Å². The standard InChI is InChI=1S/C13H22ClN3O/c1-10-11(12(14)17(2)16-10)8-18-9-13(15)6-4-3-5-7-13/h3-9,15H2,1-2H3. The van der Waals surface area contributed by atoms with Gasteiger partial charge in [-0.05, 0) is 19.8 Å². The van der Waals surface area contributed by atoms with Crippen LogP contribution in [0.1, 0.15) is 43.4 Å². The molecule has 1 fully saturated rings. The highest BCUT2D eigenvalue weighted by molar-refractivity contribution is 6.30. The molecule has 0 aromatic carbocycles. The summed E-state index contributed by atoms with van der Waals surface area (Å²) in [5.41, 5.74) is 8.09. The van der Waals surface area contributed by atoms with Gasteiger partial charge < -0.3 is 10.5 Å². The zero-order valence-electron chi connectivity index (χ0n) is 11.2. The number of aryl methyl sites for hydroxylation is 2. The molecule has 0 bridgehead atoms. The van der Waals surface area contributed by atoms with Crippen molar-refractivity contribution in [2.75, 3.05) is 6.61 Å². The van der Waals surface area contributed by atoms with E-state index in [0.717, 1.165) is 24.1 Å². The summed E-state index contributed by atoms with van der Waals surface area (Å²) in [5, 5.41) is 4.92. The van der Waals surface area contributed by atoms with E-state index in [4.69, 9.17) is 22.1 Å². The first-order valence-corrected chi connectivity index (χ1v) is 6.94. The molecule has 0 amide bonds. The smallest absolute Gasteiger partial charge is 0.132 e. The highest BCUT2D eigenvalue weighted by atomic mass is 35.5. The number of hydrogen-bond acceptors (Lipinski definition) is 3. The maximum absolute atomic E-state index is 6.33. The Morgan fingerprint density at radius 1 is 1.39 bits per heavy atom. The molecule has 0 radical (unpaired) electrons. The van der Waals surface area contributed by atoms with E-state index in [1.807, 2.05) is 14.0 Å². The third kappa shape index (κ3) is 3.05. The van der Waals surface area contributed by atoms with Crippen LogP contribution in [-0.2, 0) is 18.4 Å². The van der Waals surface area contributed by atoms with Crippen molar-refractivity contribution >= 4 is 11.6 Å². The molecule has 0 atom stereocenters. The minimum absolute atomic E-state index is 0.138. The molecule has 1 saturated carbocycles. The second kappa shape index (κ2) is 5.59. The van der Waals surface area contributed by atoms with Crippen molar-refractivity contribution in [2.24, 2.45) is 12.8 Å². The molecule has 0 aliphatic heterocycles. The molecule has 2 rings (SSSR count). The summed E-state index contributed by atoms with van der Waals surface area (Å²) in [6, 6.07) is 0. The number of halogens is 1. The van der Waals surface area contributed by atoms with E-state index in [9.17, 15) is 0 Å². The van der Waals surface area contributed by atoms with Crippen LogP contribution in [-0.4, -0.2) is 21.9 Å². The lowest BCUT2D eigenvalue weighted by Crippen LogP contribution is -2.46. The summed E-state index contributed by atoms with van der Waals surface area (Å²) in [5.74, 6) is 0. The van der Waals surface area contributed by atoms with Gasteiger partial charge in [0.15, 0.2) is 0 Å². The Labute approximate surface area is 113 Å². The molecule has 0 saturated heterocycles. The molecule has 5 heteroatoms. The van der Waals surface area contributed by atoms with Gasteiger partial charge in [0.25, 0.3) is 0 Å². The quantitative estimate of drug-likeness (QED) is 0.916. The average Bonchev–Trinajstić information content (AvgIpc) is 2.56. The summed E-state index contributed by atoms with van der Waals surface area (Å²) in [4.78, 5) is 0. The first-order chi connectivity index (χ1) is 8.52. The van der Waals surface area contributed by atoms with Gasteiger partial charge in [0.05, 0.1) is 18.9 Å². The van der Waals surface area contributed by atoms with Crippen molar-refractivity contribution < 1.29 is 4.74 Å². The maximum Gasteiger partial charge on any atom is 0.132 e. The number of ether oxygens (including phenoxy) is 1. The third-order valence-electron chi connectivity index (χ3n) is 3.76. The average molecular weight is 272 g/mol. The van der Waals surface area contributed by atoms with Gasteiger partial charge in [-0.1, -0.05) is 30.9 Å². The highest BCUT2D eigenvalue weighted by Crippen LogP contribution is 2.27. The topological polar surface area (TPSA) is 53.1 Å². The minimum atomic E-state index is -0.138. The second-order valence-corrected chi connectivity index (χ2v) is 5.75. The molecular weight excluding hydrogens is 250 g/mol. The fourth-order valence-corrected chi connectivity index (χ4v) is 2.82. The van der Waals surface area contributed by atoms with Crippen LogP contribution in [0.4, 0.5) is 0 Å². The number of rotatable bonds is 4. The Balaban J connectivity index is 1.88. The van der Waals surface area contributed by atoms with Crippen LogP contribution in [0.5, 0.6) is 0 Å². The van der Waals surface area contributed by atoms with Crippen LogP contribution < -0.4 is 5.73 Å². The normalized spacial score (nSPS) is 19.1. The lowest BCUT2D eigenvalue weighted by Gasteiger charge is -2.33. The van der Waals surface area contributed by atoms with E-state index in [1.54, 1.807) is 4.68 Å². The second-order valence-electron chi connectivity index (χ2n) is 5.39. The Morgan fingerprint density at radius 3 is 2.61 bits per heavy atom. The molecule has 0 unspecified atom stereocenters. The van der Waals surface area contributed by atoms with Crippen molar-refractivity contribution in [3.05, 3.63) is 16.4 Å². The summed E-state index contributed by atoms with van der Waals surface area (Å²) in [6.45, 7) is 3.05. The SMILES string of the molecule is Cc1nn(C)c(Cl)c1COCC1(N)CCCCC1. The van der Waals surface area contributed by atoms with Gasteiger partial charge in [-0.15, -0.1) is 0 Å². The van der Waals surface area contributed by atoms with Crippen LogP contribution >= 0.6 is 11.6 Å². The van der Waals surface area contributed by atoms with Gasteiger partial charge >= 0.3 is 0 Å². The Kier molecular flexibility index (Phi) is 4.30. The number of aromatic nitrogens is 2. The van der Waals surface area contributed by atoms with Gasteiger partial charge in [-0.2, -0.15) is 5.10 Å². The summed E-state index contributed by atoms with van der Waals surface area (Å²) < 4.78 is 7.45. The lowest BCUT2D eigenvalue weighted by atomic mass is 9.83. The molecule has 0 spiro atoms. The zero-order valence-corrected chi connectivity index (χ0v) is 12.0. The van der Waals surface area contributed by atoms with Crippen molar-refractivity contribution in [1.29, 1.82) is 0 Å². The van der Waals surface area contributed by atoms with E-state index in [0.29, 0.717) is 18.4 Å². The molecule has 1 aromatic rings. The molecule has 2 N–H and O–H groups in total. The summed E-state index contributed by atoms with van der Waals surface area (Å²) >= 11 is 6.16. The van der Waals surface area contributed by atoms with E-state index in [2.05, 4.69) is 5.10 Å². The monoisotopic (exact) mass is 271 g/mol. The van der Waals surface area contributed by atoms with Gasteiger partial charge in [0.1, 0.15) is 5.15 Å². The first kappa shape index (κ1) is 13.8. The zero-order chi connectivity index (χ0) is 13.2. The summed E-state index contributed by atoms with van der Waals surface area (Å²) in [6.07, 6.45) is 5.85. The van der Waals surface area contributed by atoms with Gasteiger partial charge in [-0.25, -0.2) is 0 Å². The third-order valence-corrected chi connectivity index (χ3v) is 4.23. The molecule has 4 nitrogen and oxygen atoms in total. The molecule has 1 aliphatic rings. The fraction of sp³-hybridized carbons (Fsp3) is 0.769. The van der Waals surface area contributed by atoms with E-state index < -0.39 is 0 Å². The van der Waals surface area contributed by atoms with Crippen LogP contribution in [0.3, 0.4) is 0 Å². The summed E-state index contributed by atoms with van der Waals surface area (Å²) in [7, 11) is 1.84. The molecular formula is C13H22ClN3O. The van der Waals surface area contributed by atoms with Crippen molar-refractivity contribution in [1.82, 2.24) is 9.78 Å². The highest BCUT2D eigenvalue weighted by Gasteiger charge is 2.27. The van der Waals surface area contributed by atoms with E-state index in [1.165, 1.54) is 19.3 Å². The fourth-order valence-electron chi connectivity index (χ4n) is 2.59. The molecule has 18 heavy (non-hydrogen) atoms. The van der Waals surface area contributed by atoms with Crippen LogP contribution in [0.25, 0.3) is 0 Å². The minimum Gasteiger partial charge on any atom is -0.375 e. The molecule has 1 heterocycles. The van der Waals surface area contributed by atoms with Gasteiger partial charge in [-0.3, -0.25) is 4.68 Å². The Hall–Kier alpha value is -0.580. The van der Waals surface area contributed by atoms with E-state index in [-0.39, 0.29) is 5.54 Å². The molecule has 1 aliphatic carbocycles. The van der Waals surface area contributed by atoms with Crippen LogP contribution in [0.2, 0.25) is 5.15 Å². The van der Waals surface area contributed by atoms with Gasteiger partial charge in [0.2, 0.25) is 0 Å². The van der Waals surface area contributed by atoms with Crippen molar-refractivity contribution in [2.45, 2.75) is 51.2 Å². The molecule has 102 valence electrons. The Bertz CT molecular complexity index is 411. The number of nitrogens with zero attached hydrogens (tertiary/aromatic N) is 2. The van der Waals surface area contributed by atoms with E-state index >= 15 is 0 Å². The van der Waals surface area contributed by atoms with Crippen molar-refractivity contribution in [3.63, 3.8) is 0 Å². The van der Waals surface area contributed by atoms with Gasteiger partial charge in [0, 0.05) is 18.2 Å². The largest absolute Gasteiger partial charge is 0.375 e. The predicted molar refractivity (Wildman–Crippen MR) is 72.6 cm³/mol. The number of nitrogens with two attached hydrogens (primary N) is 1. The number of hydrogen-bond donors (Lipinski definition) is 1. The maximum atomic E-state index is 6.33. The molecule has 1 aromatic heterocycles. The lowest BCUT2D eigenvalue weighted by molar-refractivity contribution is 0.0572. The Morgan fingerprint density at radius 2 is 2.06 bits per heavy atom.